The van der Waals surface area contributed by atoms with Gasteiger partial charge in [-0.1, -0.05) is 19.4 Å². The molecule has 2 heterocycles. The molecule has 10 heteroatoms. The van der Waals surface area contributed by atoms with E-state index >= 15 is 0 Å². The van der Waals surface area contributed by atoms with Crippen molar-refractivity contribution in [2.45, 2.75) is 19.8 Å². The number of amides is 1. The van der Waals surface area contributed by atoms with Crippen molar-refractivity contribution in [2.24, 2.45) is 0 Å². The Labute approximate surface area is 215 Å². The molecule has 2 aromatic rings. The highest BCUT2D eigenvalue weighted by atomic mass is 32.1. The number of anilines is 1. The second-order valence-electron chi connectivity index (χ2n) is 8.03. The molecule has 1 aromatic heterocycles. The molecule has 1 aliphatic heterocycles. The zero-order chi connectivity index (χ0) is 25.9. The number of benzene rings is 1. The van der Waals surface area contributed by atoms with Crippen molar-refractivity contribution in [3.8, 4) is 17.6 Å². The van der Waals surface area contributed by atoms with E-state index in [4.69, 9.17) is 18.9 Å². The third kappa shape index (κ3) is 7.31. The van der Waals surface area contributed by atoms with Gasteiger partial charge in [0.05, 0.1) is 33.0 Å². The molecule has 192 valence electrons. The van der Waals surface area contributed by atoms with Gasteiger partial charge in [0.25, 0.3) is 5.91 Å². The smallest absolute Gasteiger partial charge is 0.340 e. The molecule has 0 aliphatic carbocycles. The van der Waals surface area contributed by atoms with E-state index in [1.807, 2.05) is 13.0 Å². The minimum absolute atomic E-state index is 0.112. The molecule has 1 saturated heterocycles. The van der Waals surface area contributed by atoms with Crippen LogP contribution in [-0.2, 0) is 20.7 Å². The maximum atomic E-state index is 12.9. The van der Waals surface area contributed by atoms with Crippen LogP contribution in [0.2, 0.25) is 0 Å². The highest BCUT2D eigenvalue weighted by Gasteiger charge is 2.20. The lowest BCUT2D eigenvalue weighted by molar-refractivity contribution is -0.112. The van der Waals surface area contributed by atoms with Crippen LogP contribution < -0.4 is 14.8 Å². The first-order valence-electron chi connectivity index (χ1n) is 11.7. The van der Waals surface area contributed by atoms with Crippen LogP contribution in [0.15, 0.2) is 29.8 Å². The number of hydrogen-bond acceptors (Lipinski definition) is 9. The van der Waals surface area contributed by atoms with Crippen LogP contribution in [0, 0.1) is 11.3 Å². The number of ether oxygens (including phenoxy) is 4. The second-order valence-corrected chi connectivity index (χ2v) is 9.17. The van der Waals surface area contributed by atoms with Crippen molar-refractivity contribution in [3.63, 3.8) is 0 Å². The average Bonchev–Trinajstić information content (AvgIpc) is 3.30. The number of morpholine rings is 1. The Morgan fingerprint density at radius 1 is 1.22 bits per heavy atom. The fraction of sp³-hybridized carbons (Fsp3) is 0.423. The molecule has 9 nitrogen and oxygen atoms in total. The summed E-state index contributed by atoms with van der Waals surface area (Å²) in [6.07, 6.45) is 3.13. The van der Waals surface area contributed by atoms with Gasteiger partial charge in [-0.05, 0) is 36.3 Å². The van der Waals surface area contributed by atoms with Crippen molar-refractivity contribution < 1.29 is 28.5 Å². The van der Waals surface area contributed by atoms with Crippen LogP contribution in [-0.4, -0.2) is 70.5 Å². The fourth-order valence-electron chi connectivity index (χ4n) is 3.65. The Balaban J connectivity index is 1.71. The first kappa shape index (κ1) is 27.2. The van der Waals surface area contributed by atoms with Crippen molar-refractivity contribution in [1.29, 1.82) is 5.26 Å². The minimum Gasteiger partial charge on any atom is -0.493 e. The van der Waals surface area contributed by atoms with Gasteiger partial charge in [0.1, 0.15) is 23.3 Å². The van der Waals surface area contributed by atoms with Gasteiger partial charge in [-0.3, -0.25) is 9.69 Å². The van der Waals surface area contributed by atoms with Gasteiger partial charge in [-0.15, -0.1) is 11.3 Å². The molecule has 3 rings (SSSR count). The summed E-state index contributed by atoms with van der Waals surface area (Å²) >= 11 is 1.30. The normalized spacial score (nSPS) is 14.1. The first-order valence-corrected chi connectivity index (χ1v) is 12.6. The number of nitrogens with zero attached hydrogens (tertiary/aromatic N) is 2. The van der Waals surface area contributed by atoms with Gasteiger partial charge in [0.15, 0.2) is 11.5 Å². The van der Waals surface area contributed by atoms with Crippen LogP contribution in [0.3, 0.4) is 0 Å². The Bertz CT molecular complexity index is 1130. The van der Waals surface area contributed by atoms with Crippen LogP contribution in [0.4, 0.5) is 5.00 Å². The van der Waals surface area contributed by atoms with Crippen molar-refractivity contribution in [2.75, 3.05) is 59.0 Å². The van der Waals surface area contributed by atoms with Gasteiger partial charge in [-0.2, -0.15) is 5.26 Å². The van der Waals surface area contributed by atoms with Gasteiger partial charge in [0, 0.05) is 24.5 Å². The molecule has 36 heavy (non-hydrogen) atoms. The number of rotatable bonds is 11. The van der Waals surface area contributed by atoms with Crippen LogP contribution >= 0.6 is 11.3 Å². The number of methoxy groups -OCH3 is 2. The molecule has 0 unspecified atom stereocenters. The summed E-state index contributed by atoms with van der Waals surface area (Å²) in [5, 5.41) is 12.7. The third-order valence-corrected chi connectivity index (χ3v) is 6.65. The molecule has 0 radical (unpaired) electrons. The van der Waals surface area contributed by atoms with E-state index in [0.717, 1.165) is 50.6 Å². The zero-order valence-corrected chi connectivity index (χ0v) is 21.6. The molecule has 0 saturated carbocycles. The Morgan fingerprint density at radius 2 is 2.00 bits per heavy atom. The molecular formula is C26H31N3O6S. The monoisotopic (exact) mass is 513 g/mol. The lowest BCUT2D eigenvalue weighted by Crippen LogP contribution is -2.38. The summed E-state index contributed by atoms with van der Waals surface area (Å²) in [5.41, 5.74) is 0.765. The minimum atomic E-state index is -0.614. The average molecular weight is 514 g/mol. The quantitative estimate of drug-likeness (QED) is 0.275. The molecular weight excluding hydrogens is 482 g/mol. The highest BCUT2D eigenvalue weighted by molar-refractivity contribution is 7.16. The first-order chi connectivity index (χ1) is 17.5. The molecule has 1 amide bonds. The van der Waals surface area contributed by atoms with Crippen molar-refractivity contribution >= 4 is 34.3 Å². The number of carbonyl (C=O) groups excluding carboxylic acids is 2. The number of nitrogens with one attached hydrogen (secondary N) is 1. The third-order valence-electron chi connectivity index (χ3n) is 5.54. The van der Waals surface area contributed by atoms with E-state index in [1.165, 1.54) is 31.6 Å². The summed E-state index contributed by atoms with van der Waals surface area (Å²) in [5.74, 6) is -0.0767. The maximum Gasteiger partial charge on any atom is 0.340 e. The summed E-state index contributed by atoms with van der Waals surface area (Å²) in [7, 11) is 2.82. The Morgan fingerprint density at radius 3 is 2.67 bits per heavy atom. The number of aryl methyl sites for hydroxylation is 1. The summed E-state index contributed by atoms with van der Waals surface area (Å²) in [6.45, 7) is 6.54. The molecule has 0 bridgehead atoms. The van der Waals surface area contributed by atoms with E-state index in [2.05, 4.69) is 10.2 Å². The number of carbonyl (C=O) groups is 2. The SMILES string of the molecule is CCCc1cc(C(=O)OC)c(NC(=O)C(C#N)=Cc2ccc(OCCN3CCOCC3)c(OC)c2)s1. The van der Waals surface area contributed by atoms with Gasteiger partial charge < -0.3 is 24.3 Å². The molecule has 1 aromatic carbocycles. The largest absolute Gasteiger partial charge is 0.493 e. The van der Waals surface area contributed by atoms with Crippen molar-refractivity contribution in [1.82, 2.24) is 4.90 Å². The standard InChI is InChI=1S/C26H31N3O6S/c1-4-5-20-16-21(26(31)33-3)25(36-20)28-24(30)19(17-27)14-18-6-7-22(23(15-18)32-2)35-13-10-29-8-11-34-12-9-29/h6-7,14-16H,4-5,8-13H2,1-3H3,(H,28,30). The summed E-state index contributed by atoms with van der Waals surface area (Å²) in [4.78, 5) is 28.2. The van der Waals surface area contributed by atoms with Crippen LogP contribution in [0.5, 0.6) is 11.5 Å². The molecule has 0 atom stereocenters. The maximum absolute atomic E-state index is 12.9. The molecule has 0 spiro atoms. The summed E-state index contributed by atoms with van der Waals surface area (Å²) < 4.78 is 21.5. The Hall–Kier alpha value is -3.39. The number of thiophene rings is 1. The second kappa shape index (κ2) is 13.6. The van der Waals surface area contributed by atoms with Gasteiger partial charge in [-0.25, -0.2) is 4.79 Å². The predicted octanol–water partition coefficient (Wildman–Crippen LogP) is 3.75. The van der Waals surface area contributed by atoms with Crippen molar-refractivity contribution in [3.05, 3.63) is 45.8 Å². The lowest BCUT2D eigenvalue weighted by atomic mass is 10.1. The topological polar surface area (TPSA) is 110 Å². The van der Waals surface area contributed by atoms with Crippen LogP contribution in [0.25, 0.3) is 6.08 Å². The number of esters is 1. The molecule has 1 aliphatic rings. The van der Waals surface area contributed by atoms with E-state index in [9.17, 15) is 14.9 Å². The summed E-state index contributed by atoms with van der Waals surface area (Å²) in [6, 6.07) is 8.87. The molecule has 1 fully saturated rings. The highest BCUT2D eigenvalue weighted by Crippen LogP contribution is 2.31. The fourth-order valence-corrected chi connectivity index (χ4v) is 4.80. The van der Waals surface area contributed by atoms with E-state index < -0.39 is 11.9 Å². The van der Waals surface area contributed by atoms with Gasteiger partial charge in [0.2, 0.25) is 0 Å². The Kier molecular flexibility index (Phi) is 10.3. The zero-order valence-electron chi connectivity index (χ0n) is 20.8. The van der Waals surface area contributed by atoms with Gasteiger partial charge >= 0.3 is 5.97 Å². The van der Waals surface area contributed by atoms with E-state index in [-0.39, 0.29) is 11.1 Å². The molecule has 1 N–H and O–H groups in total. The number of nitriles is 1. The van der Waals surface area contributed by atoms with E-state index in [1.54, 1.807) is 24.3 Å². The lowest BCUT2D eigenvalue weighted by Gasteiger charge is -2.26. The van der Waals surface area contributed by atoms with E-state index in [0.29, 0.717) is 28.7 Å². The van der Waals surface area contributed by atoms with Crippen LogP contribution in [0.1, 0.15) is 34.1 Å². The predicted molar refractivity (Wildman–Crippen MR) is 138 cm³/mol. The number of hydrogen-bond donors (Lipinski definition) is 1.